The van der Waals surface area contributed by atoms with Gasteiger partial charge >= 0.3 is 6.61 Å². The second kappa shape index (κ2) is 13.1. The van der Waals surface area contributed by atoms with Gasteiger partial charge in [-0.15, -0.1) is 24.0 Å². The molecule has 0 atom stereocenters. The van der Waals surface area contributed by atoms with Crippen LogP contribution in [0.3, 0.4) is 0 Å². The summed E-state index contributed by atoms with van der Waals surface area (Å²) >= 11 is 0. The SMILES string of the molecule is CCOc1cc(CNC(=NC)NCCc2ccccc2F)ccc1OC(F)F.I. The lowest BCUT2D eigenvalue weighted by molar-refractivity contribution is -0.0514. The van der Waals surface area contributed by atoms with Crippen LogP contribution in [-0.4, -0.2) is 32.8 Å². The van der Waals surface area contributed by atoms with Gasteiger partial charge in [-0.25, -0.2) is 4.39 Å². The first kappa shape index (κ1) is 24.9. The van der Waals surface area contributed by atoms with E-state index in [-0.39, 0.29) is 41.3 Å². The number of hydrogen-bond donors (Lipinski definition) is 2. The molecule has 0 saturated heterocycles. The molecule has 0 aliphatic rings. The lowest BCUT2D eigenvalue weighted by atomic mass is 10.1. The van der Waals surface area contributed by atoms with Gasteiger partial charge in [0.05, 0.1) is 6.61 Å². The average Bonchev–Trinajstić information content (AvgIpc) is 2.67. The summed E-state index contributed by atoms with van der Waals surface area (Å²) in [4.78, 5) is 4.12. The first-order valence-corrected chi connectivity index (χ1v) is 8.92. The lowest BCUT2D eigenvalue weighted by Gasteiger charge is -2.15. The van der Waals surface area contributed by atoms with Crippen LogP contribution in [0.4, 0.5) is 13.2 Å². The fourth-order valence-corrected chi connectivity index (χ4v) is 2.55. The number of halogens is 4. The molecular weight excluding hydrogens is 498 g/mol. The van der Waals surface area contributed by atoms with Crippen LogP contribution in [0.5, 0.6) is 11.5 Å². The van der Waals surface area contributed by atoms with Gasteiger partial charge in [0, 0.05) is 20.1 Å². The fraction of sp³-hybridized carbons (Fsp3) is 0.350. The smallest absolute Gasteiger partial charge is 0.387 e. The molecule has 2 aromatic rings. The van der Waals surface area contributed by atoms with Crippen molar-refractivity contribution in [1.29, 1.82) is 0 Å². The fourth-order valence-electron chi connectivity index (χ4n) is 2.55. The van der Waals surface area contributed by atoms with Crippen LogP contribution in [0.25, 0.3) is 0 Å². The Bertz CT molecular complexity index is 791. The molecular formula is C20H25F3IN3O2. The number of hydrogen-bond acceptors (Lipinski definition) is 3. The van der Waals surface area contributed by atoms with Crippen LogP contribution in [0.1, 0.15) is 18.1 Å². The van der Waals surface area contributed by atoms with E-state index in [9.17, 15) is 13.2 Å². The Morgan fingerprint density at radius 3 is 2.52 bits per heavy atom. The summed E-state index contributed by atoms with van der Waals surface area (Å²) in [5.74, 6) is 0.557. The molecule has 0 aliphatic heterocycles. The van der Waals surface area contributed by atoms with Gasteiger partial charge in [0.1, 0.15) is 5.82 Å². The van der Waals surface area contributed by atoms with Gasteiger partial charge in [-0.3, -0.25) is 4.99 Å². The molecule has 9 heteroatoms. The Balaban J connectivity index is 0.00000420. The third kappa shape index (κ3) is 8.38. The zero-order valence-electron chi connectivity index (χ0n) is 16.3. The summed E-state index contributed by atoms with van der Waals surface area (Å²) in [7, 11) is 1.63. The molecule has 0 amide bonds. The summed E-state index contributed by atoms with van der Waals surface area (Å²) in [6, 6.07) is 11.4. The standard InChI is InChI=1S/C20H24F3N3O2.HI/c1-3-27-18-12-14(8-9-17(18)28-19(22)23)13-26-20(24-2)25-11-10-15-6-4-5-7-16(15)21;/h4-9,12,19H,3,10-11,13H2,1-2H3,(H2,24,25,26);1H. The van der Waals surface area contributed by atoms with E-state index in [1.807, 2.05) is 0 Å². The number of guanidine groups is 1. The van der Waals surface area contributed by atoms with E-state index in [2.05, 4.69) is 20.4 Å². The molecule has 0 aromatic heterocycles. The molecule has 0 radical (unpaired) electrons. The van der Waals surface area contributed by atoms with Gasteiger partial charge in [0.25, 0.3) is 0 Å². The van der Waals surface area contributed by atoms with Crippen molar-refractivity contribution in [2.24, 2.45) is 4.99 Å². The summed E-state index contributed by atoms with van der Waals surface area (Å²) in [5, 5.41) is 6.23. The van der Waals surface area contributed by atoms with Gasteiger partial charge in [0.2, 0.25) is 0 Å². The second-order valence-corrected chi connectivity index (χ2v) is 5.79. The van der Waals surface area contributed by atoms with E-state index in [4.69, 9.17) is 4.74 Å². The molecule has 0 spiro atoms. The maximum atomic E-state index is 13.6. The van der Waals surface area contributed by atoms with Gasteiger partial charge in [-0.2, -0.15) is 8.78 Å². The van der Waals surface area contributed by atoms with Crippen molar-refractivity contribution in [2.45, 2.75) is 26.5 Å². The molecule has 0 unspecified atom stereocenters. The van der Waals surface area contributed by atoms with Crippen molar-refractivity contribution in [3.63, 3.8) is 0 Å². The molecule has 0 saturated carbocycles. The van der Waals surface area contributed by atoms with Crippen molar-refractivity contribution < 1.29 is 22.6 Å². The zero-order valence-corrected chi connectivity index (χ0v) is 18.6. The summed E-state index contributed by atoms with van der Waals surface area (Å²) < 4.78 is 48.4. The van der Waals surface area contributed by atoms with E-state index in [1.165, 1.54) is 12.1 Å². The van der Waals surface area contributed by atoms with Crippen LogP contribution >= 0.6 is 24.0 Å². The van der Waals surface area contributed by atoms with E-state index in [0.29, 0.717) is 37.6 Å². The molecule has 0 aliphatic carbocycles. The van der Waals surface area contributed by atoms with Crippen molar-refractivity contribution in [3.8, 4) is 11.5 Å². The molecule has 160 valence electrons. The highest BCUT2D eigenvalue weighted by atomic mass is 127. The Hall–Kier alpha value is -2.17. The predicted octanol–water partition coefficient (Wildman–Crippen LogP) is 4.35. The molecule has 0 heterocycles. The van der Waals surface area contributed by atoms with E-state index in [0.717, 1.165) is 5.56 Å². The van der Waals surface area contributed by atoms with E-state index < -0.39 is 6.61 Å². The van der Waals surface area contributed by atoms with Crippen LogP contribution in [0.2, 0.25) is 0 Å². The van der Waals surface area contributed by atoms with Crippen molar-refractivity contribution in [3.05, 3.63) is 59.4 Å². The maximum Gasteiger partial charge on any atom is 0.387 e. The molecule has 0 bridgehead atoms. The van der Waals surface area contributed by atoms with Crippen molar-refractivity contribution in [1.82, 2.24) is 10.6 Å². The topological polar surface area (TPSA) is 54.9 Å². The Morgan fingerprint density at radius 1 is 1.10 bits per heavy atom. The largest absolute Gasteiger partial charge is 0.490 e. The quantitative estimate of drug-likeness (QED) is 0.292. The van der Waals surface area contributed by atoms with Gasteiger partial charge in [0.15, 0.2) is 17.5 Å². The van der Waals surface area contributed by atoms with Gasteiger partial charge < -0.3 is 20.1 Å². The highest BCUT2D eigenvalue weighted by Gasteiger charge is 2.12. The minimum absolute atomic E-state index is 0. The highest BCUT2D eigenvalue weighted by Crippen LogP contribution is 2.29. The first-order valence-electron chi connectivity index (χ1n) is 8.92. The molecule has 0 fully saturated rings. The van der Waals surface area contributed by atoms with Crippen LogP contribution in [-0.2, 0) is 13.0 Å². The third-order valence-corrected chi connectivity index (χ3v) is 3.85. The normalized spacial score (nSPS) is 11.0. The van der Waals surface area contributed by atoms with E-state index in [1.54, 1.807) is 44.3 Å². The molecule has 2 N–H and O–H groups in total. The Kier molecular flexibility index (Phi) is 11.3. The number of ether oxygens (including phenoxy) is 2. The molecule has 2 aromatic carbocycles. The summed E-state index contributed by atoms with van der Waals surface area (Å²) in [6.45, 7) is 0.0785. The first-order chi connectivity index (χ1) is 13.5. The molecule has 2 rings (SSSR count). The number of nitrogens with one attached hydrogen (secondary N) is 2. The highest BCUT2D eigenvalue weighted by molar-refractivity contribution is 14.0. The Labute approximate surface area is 185 Å². The zero-order chi connectivity index (χ0) is 20.4. The summed E-state index contributed by atoms with van der Waals surface area (Å²) in [6.07, 6.45) is 0.515. The summed E-state index contributed by atoms with van der Waals surface area (Å²) in [5.41, 5.74) is 1.43. The lowest BCUT2D eigenvalue weighted by Crippen LogP contribution is -2.37. The van der Waals surface area contributed by atoms with Crippen molar-refractivity contribution >= 4 is 29.9 Å². The third-order valence-electron chi connectivity index (χ3n) is 3.85. The average molecular weight is 523 g/mol. The number of benzene rings is 2. The van der Waals surface area contributed by atoms with Crippen LogP contribution in [0.15, 0.2) is 47.5 Å². The number of alkyl halides is 2. The minimum atomic E-state index is -2.92. The van der Waals surface area contributed by atoms with E-state index >= 15 is 0 Å². The van der Waals surface area contributed by atoms with Gasteiger partial charge in [-0.1, -0.05) is 24.3 Å². The Morgan fingerprint density at radius 2 is 1.86 bits per heavy atom. The molecule has 5 nitrogen and oxygen atoms in total. The number of nitrogens with zero attached hydrogens (tertiary/aromatic N) is 1. The van der Waals surface area contributed by atoms with Crippen LogP contribution < -0.4 is 20.1 Å². The maximum absolute atomic E-state index is 13.6. The van der Waals surface area contributed by atoms with Gasteiger partial charge in [-0.05, 0) is 42.7 Å². The van der Waals surface area contributed by atoms with Crippen LogP contribution in [0, 0.1) is 5.82 Å². The molecule has 29 heavy (non-hydrogen) atoms. The number of aliphatic imine (C=N–C) groups is 1. The second-order valence-electron chi connectivity index (χ2n) is 5.79. The van der Waals surface area contributed by atoms with Crippen molar-refractivity contribution in [2.75, 3.05) is 20.2 Å². The predicted molar refractivity (Wildman–Crippen MR) is 118 cm³/mol. The number of rotatable bonds is 9. The minimum Gasteiger partial charge on any atom is -0.490 e. The monoisotopic (exact) mass is 523 g/mol.